The summed E-state index contributed by atoms with van der Waals surface area (Å²) >= 11 is 0. The third-order valence-corrected chi connectivity index (χ3v) is 2.61. The van der Waals surface area contributed by atoms with Crippen LogP contribution in [0.1, 0.15) is 13.2 Å². The van der Waals surface area contributed by atoms with Crippen molar-refractivity contribution >= 4 is 5.97 Å². The van der Waals surface area contributed by atoms with Crippen LogP contribution >= 0.6 is 0 Å². The third-order valence-electron chi connectivity index (χ3n) is 2.61. The molecule has 8 nitrogen and oxygen atoms in total. The molecule has 8 heteroatoms. The van der Waals surface area contributed by atoms with E-state index < -0.39 is 35.7 Å². The average molecular weight is 268 g/mol. The second kappa shape index (κ2) is 4.73. The molecule has 102 valence electrons. The predicted octanol–water partition coefficient (Wildman–Crippen LogP) is -1.13. The molecular weight excluding hydrogens is 256 g/mol. The van der Waals surface area contributed by atoms with E-state index in [0.717, 1.165) is 10.6 Å². The summed E-state index contributed by atoms with van der Waals surface area (Å²) in [6.45, 7) is 4.70. The smallest absolute Gasteiger partial charge is 0.331 e. The van der Waals surface area contributed by atoms with Gasteiger partial charge in [0.05, 0.1) is 0 Å². The maximum absolute atomic E-state index is 11.6. The highest BCUT2D eigenvalue weighted by Crippen LogP contribution is 2.31. The maximum atomic E-state index is 11.6. The second-order valence-electron chi connectivity index (χ2n) is 4.01. The average Bonchev–Trinajstić information content (AvgIpc) is 2.57. The number of aromatic nitrogens is 2. The Labute approximate surface area is 106 Å². The fraction of sp³-hybridized carbons (Fsp3) is 0.364. The number of nitrogens with one attached hydrogen (secondary N) is 1. The number of hydrogen-bond donors (Lipinski definition) is 2. The van der Waals surface area contributed by atoms with E-state index in [1.165, 1.54) is 13.1 Å². The molecule has 0 bridgehead atoms. The lowest BCUT2D eigenvalue weighted by atomic mass is 10.2. The number of aliphatic hydroxyl groups is 1. The normalized spacial score (nSPS) is 26.0. The van der Waals surface area contributed by atoms with Crippen molar-refractivity contribution in [1.82, 2.24) is 9.55 Å². The number of esters is 1. The molecule has 0 aliphatic carbocycles. The van der Waals surface area contributed by atoms with Crippen molar-refractivity contribution in [3.05, 3.63) is 45.4 Å². The van der Waals surface area contributed by atoms with Gasteiger partial charge in [-0.3, -0.25) is 19.1 Å². The van der Waals surface area contributed by atoms with E-state index >= 15 is 0 Å². The number of hydrogen-bond acceptors (Lipinski definition) is 6. The summed E-state index contributed by atoms with van der Waals surface area (Å²) in [6.07, 6.45) is -2.28. The van der Waals surface area contributed by atoms with Gasteiger partial charge in [-0.1, -0.05) is 6.58 Å². The molecule has 19 heavy (non-hydrogen) atoms. The number of carbonyl (C=O) groups is 1. The first-order chi connectivity index (χ1) is 8.90. The van der Waals surface area contributed by atoms with Gasteiger partial charge in [-0.05, 0) is 0 Å². The highest BCUT2D eigenvalue weighted by molar-refractivity contribution is 5.66. The highest BCUT2D eigenvalue weighted by Gasteiger charge is 2.43. The molecule has 1 aromatic rings. The molecule has 0 amide bonds. The van der Waals surface area contributed by atoms with Gasteiger partial charge in [-0.15, -0.1) is 0 Å². The second-order valence-corrected chi connectivity index (χ2v) is 4.01. The molecule has 0 spiro atoms. The first kappa shape index (κ1) is 13.1. The molecule has 1 saturated heterocycles. The summed E-state index contributed by atoms with van der Waals surface area (Å²) in [5.41, 5.74) is -1.31. The van der Waals surface area contributed by atoms with Gasteiger partial charge < -0.3 is 14.6 Å². The fourth-order valence-corrected chi connectivity index (χ4v) is 1.80. The number of aliphatic hydroxyl groups excluding tert-OH is 1. The standard InChI is InChI=1S/C11H12N2O6/c1-5-9(19-6(2)14)8(16)10(18-5)13-4-3-7(15)12-11(13)17/h3-4,8-10,16H,1H2,2H3,(H,12,15,17)/t8-,9-,10-/m1/s1. The Balaban J connectivity index is 2.32. The van der Waals surface area contributed by atoms with Crippen molar-refractivity contribution < 1.29 is 19.4 Å². The molecule has 2 heterocycles. The maximum Gasteiger partial charge on any atom is 0.331 e. The lowest BCUT2D eigenvalue weighted by Gasteiger charge is -2.17. The largest absolute Gasteiger partial charge is 0.468 e. The van der Waals surface area contributed by atoms with E-state index in [-0.39, 0.29) is 5.76 Å². The molecule has 3 atom stereocenters. The van der Waals surface area contributed by atoms with Crippen molar-refractivity contribution in [2.24, 2.45) is 0 Å². The molecule has 2 N–H and O–H groups in total. The molecule has 1 aliphatic rings. The van der Waals surface area contributed by atoms with Gasteiger partial charge in [0, 0.05) is 19.2 Å². The van der Waals surface area contributed by atoms with Gasteiger partial charge in [-0.25, -0.2) is 4.79 Å². The lowest BCUT2D eigenvalue weighted by molar-refractivity contribution is -0.149. The van der Waals surface area contributed by atoms with Crippen LogP contribution in [0.4, 0.5) is 0 Å². The van der Waals surface area contributed by atoms with Gasteiger partial charge in [0.2, 0.25) is 6.23 Å². The molecule has 1 fully saturated rings. The van der Waals surface area contributed by atoms with Crippen LogP contribution in [0.5, 0.6) is 0 Å². The summed E-state index contributed by atoms with van der Waals surface area (Å²) in [4.78, 5) is 35.5. The minimum absolute atomic E-state index is 0.0331. The van der Waals surface area contributed by atoms with Crippen LogP contribution in [0.2, 0.25) is 0 Å². The van der Waals surface area contributed by atoms with Crippen LogP contribution in [0.3, 0.4) is 0 Å². The van der Waals surface area contributed by atoms with Crippen molar-refractivity contribution in [3.8, 4) is 0 Å². The SMILES string of the molecule is C=C1O[C@@H](n2ccc(=O)[nH]c2=O)[C@H](O)[C@@H]1OC(C)=O. The Morgan fingerprint density at radius 3 is 2.84 bits per heavy atom. The quantitative estimate of drug-likeness (QED) is 0.657. The van der Waals surface area contributed by atoms with Crippen molar-refractivity contribution in [3.63, 3.8) is 0 Å². The van der Waals surface area contributed by atoms with E-state index in [1.54, 1.807) is 0 Å². The fourth-order valence-electron chi connectivity index (χ4n) is 1.80. The van der Waals surface area contributed by atoms with E-state index in [9.17, 15) is 19.5 Å². The molecule has 0 radical (unpaired) electrons. The van der Waals surface area contributed by atoms with E-state index in [1.807, 2.05) is 4.98 Å². The van der Waals surface area contributed by atoms with Crippen LogP contribution in [0.15, 0.2) is 34.2 Å². The van der Waals surface area contributed by atoms with Crippen LogP contribution in [-0.2, 0) is 14.3 Å². The number of carbonyl (C=O) groups excluding carboxylic acids is 1. The minimum atomic E-state index is -1.29. The van der Waals surface area contributed by atoms with Gasteiger partial charge in [0.1, 0.15) is 5.76 Å². The van der Waals surface area contributed by atoms with Gasteiger partial charge in [0.15, 0.2) is 12.2 Å². The Bertz CT molecular complexity index is 631. The van der Waals surface area contributed by atoms with Gasteiger partial charge >= 0.3 is 11.7 Å². The number of rotatable bonds is 2. The molecule has 1 aromatic heterocycles. The van der Waals surface area contributed by atoms with Gasteiger partial charge in [-0.2, -0.15) is 0 Å². The van der Waals surface area contributed by atoms with E-state index in [0.29, 0.717) is 0 Å². The van der Waals surface area contributed by atoms with Crippen molar-refractivity contribution in [2.45, 2.75) is 25.4 Å². The zero-order valence-corrected chi connectivity index (χ0v) is 10.0. The number of aromatic amines is 1. The molecule has 2 rings (SSSR count). The Morgan fingerprint density at radius 1 is 1.58 bits per heavy atom. The summed E-state index contributed by atoms with van der Waals surface area (Å²) < 4.78 is 11.1. The third kappa shape index (κ3) is 2.43. The van der Waals surface area contributed by atoms with Crippen LogP contribution in [0, 0.1) is 0 Å². The molecule has 0 unspecified atom stereocenters. The van der Waals surface area contributed by atoms with Crippen molar-refractivity contribution in [2.75, 3.05) is 0 Å². The van der Waals surface area contributed by atoms with Gasteiger partial charge in [0.25, 0.3) is 5.56 Å². The Hall–Kier alpha value is -2.35. The minimum Gasteiger partial charge on any atom is -0.468 e. The number of nitrogens with zero attached hydrogens (tertiary/aromatic N) is 1. The van der Waals surface area contributed by atoms with Crippen molar-refractivity contribution in [1.29, 1.82) is 0 Å². The number of ether oxygens (including phenoxy) is 2. The topological polar surface area (TPSA) is 111 Å². The Morgan fingerprint density at radius 2 is 2.26 bits per heavy atom. The first-order valence-electron chi connectivity index (χ1n) is 5.42. The highest BCUT2D eigenvalue weighted by atomic mass is 16.6. The zero-order valence-electron chi connectivity index (χ0n) is 10.0. The molecule has 0 aromatic carbocycles. The van der Waals surface area contributed by atoms with E-state index in [4.69, 9.17) is 9.47 Å². The van der Waals surface area contributed by atoms with Crippen LogP contribution in [-0.4, -0.2) is 32.8 Å². The van der Waals surface area contributed by atoms with E-state index in [2.05, 4.69) is 6.58 Å². The number of H-pyrrole nitrogens is 1. The molecular formula is C11H12N2O6. The summed E-state index contributed by atoms with van der Waals surface area (Å²) in [6, 6.07) is 1.11. The first-order valence-corrected chi connectivity index (χ1v) is 5.42. The van der Waals surface area contributed by atoms with Crippen LogP contribution in [0.25, 0.3) is 0 Å². The summed E-state index contributed by atoms with van der Waals surface area (Å²) in [5.74, 6) is -0.575. The Kier molecular flexibility index (Phi) is 3.26. The molecule has 1 aliphatic heterocycles. The predicted molar refractivity (Wildman–Crippen MR) is 62.1 cm³/mol. The monoisotopic (exact) mass is 268 g/mol. The zero-order chi connectivity index (χ0) is 14.2. The lowest BCUT2D eigenvalue weighted by Crippen LogP contribution is -2.38. The summed E-state index contributed by atoms with van der Waals surface area (Å²) in [5, 5.41) is 10.0. The van der Waals surface area contributed by atoms with Crippen LogP contribution < -0.4 is 11.2 Å². The molecule has 0 saturated carbocycles. The summed E-state index contributed by atoms with van der Waals surface area (Å²) in [7, 11) is 0.